The number of piperazine rings is 2. The number of nitrogens with one attached hydrogen (secondary N) is 4. The van der Waals surface area contributed by atoms with Crippen LogP contribution < -0.4 is 20.4 Å². The van der Waals surface area contributed by atoms with Gasteiger partial charge in [-0.05, 0) is 111 Å². The van der Waals surface area contributed by atoms with E-state index in [4.69, 9.17) is 0 Å². The van der Waals surface area contributed by atoms with E-state index in [0.29, 0.717) is 47.0 Å². The molecule has 0 aliphatic carbocycles. The van der Waals surface area contributed by atoms with E-state index in [1.807, 2.05) is 29.2 Å². The molecule has 0 spiro atoms. The van der Waals surface area contributed by atoms with E-state index in [1.165, 1.54) is 82.4 Å². The lowest BCUT2D eigenvalue weighted by atomic mass is 10.1. The summed E-state index contributed by atoms with van der Waals surface area (Å²) in [7, 11) is 2.12. The average molecular weight is 1080 g/mol. The fourth-order valence-electron chi connectivity index (χ4n) is 9.06. The van der Waals surface area contributed by atoms with Gasteiger partial charge >= 0.3 is 6.18 Å². The molecule has 78 heavy (non-hydrogen) atoms. The zero-order chi connectivity index (χ0) is 55.3. The normalized spacial score (nSPS) is 15.0. The topological polar surface area (TPSA) is 164 Å². The summed E-state index contributed by atoms with van der Waals surface area (Å²) in [6.45, 7) is 5.96. The van der Waals surface area contributed by atoms with Crippen molar-refractivity contribution < 1.29 is 44.7 Å². The number of aromatic nitrogens is 8. The van der Waals surface area contributed by atoms with Gasteiger partial charge < -0.3 is 39.9 Å². The quantitative estimate of drug-likeness (QED) is 0.0771. The van der Waals surface area contributed by atoms with E-state index in [2.05, 4.69) is 57.4 Å². The largest absolute Gasteiger partial charge is 0.401 e. The molecular weight excluding hydrogens is 1030 g/mol. The van der Waals surface area contributed by atoms with Crippen molar-refractivity contribution in [1.82, 2.24) is 48.8 Å². The first-order chi connectivity index (χ1) is 37.2. The Morgan fingerprint density at radius 1 is 0.590 bits per heavy atom. The van der Waals surface area contributed by atoms with E-state index in [-0.39, 0.29) is 59.2 Å². The average Bonchev–Trinajstić information content (AvgIpc) is 4.29. The number of hydrogen-bond acceptors (Lipinski definition) is 10. The Hall–Kier alpha value is -8.38. The summed E-state index contributed by atoms with van der Waals surface area (Å²) in [6.07, 6.45) is -0.335. The van der Waals surface area contributed by atoms with Crippen LogP contribution in [-0.4, -0.2) is 139 Å². The summed E-state index contributed by atoms with van der Waals surface area (Å²) >= 11 is 0. The van der Waals surface area contributed by atoms with Gasteiger partial charge in [-0.1, -0.05) is 0 Å². The van der Waals surface area contributed by atoms with Crippen molar-refractivity contribution in [3.63, 3.8) is 0 Å². The van der Waals surface area contributed by atoms with Gasteiger partial charge in [0.2, 0.25) is 0 Å². The molecule has 10 rings (SSSR count). The minimum atomic E-state index is -4.23. The van der Waals surface area contributed by atoms with Gasteiger partial charge in [-0.25, -0.2) is 41.9 Å². The van der Waals surface area contributed by atoms with Gasteiger partial charge in [-0.3, -0.25) is 19.1 Å². The van der Waals surface area contributed by atoms with Crippen LogP contribution >= 0.6 is 0 Å². The van der Waals surface area contributed by atoms with Gasteiger partial charge in [0.1, 0.15) is 34.4 Å². The molecule has 4 aromatic carbocycles. The molecule has 24 heteroatoms. The Kier molecular flexibility index (Phi) is 16.1. The van der Waals surface area contributed by atoms with Gasteiger partial charge in [0, 0.05) is 93.2 Å². The van der Waals surface area contributed by atoms with Crippen molar-refractivity contribution in [1.29, 1.82) is 0 Å². The fraction of sp³-hybridized carbons (Fsp3) is 0.296. The number of nitrogens with zero attached hydrogens (tertiary/aromatic N) is 10. The van der Waals surface area contributed by atoms with Gasteiger partial charge in [0.05, 0.1) is 49.5 Å². The Morgan fingerprint density at radius 3 is 1.47 bits per heavy atom. The first-order valence-corrected chi connectivity index (χ1v) is 24.8. The maximum atomic E-state index is 14.3. The molecule has 4 N–H and O–H groups in total. The van der Waals surface area contributed by atoms with Gasteiger partial charge in [0.15, 0.2) is 17.9 Å². The highest BCUT2D eigenvalue weighted by Gasteiger charge is 2.33. The number of carbonyl (C=O) groups excluding carboxylic acids is 2. The molecule has 8 aromatic rings. The molecule has 0 bridgehead atoms. The summed E-state index contributed by atoms with van der Waals surface area (Å²) in [5.41, 5.74) is 5.73. The number of imidazole rings is 4. The van der Waals surface area contributed by atoms with Crippen LogP contribution in [0.4, 0.5) is 57.9 Å². The minimum Gasteiger partial charge on any atom is -0.369 e. The van der Waals surface area contributed by atoms with Gasteiger partial charge in [-0.15, -0.1) is 0 Å². The Labute approximate surface area is 442 Å². The van der Waals surface area contributed by atoms with Gasteiger partial charge in [-0.2, -0.15) is 13.2 Å². The third kappa shape index (κ3) is 13.4. The number of carbonyl (C=O) groups is 2. The van der Waals surface area contributed by atoms with E-state index >= 15 is 0 Å². The lowest BCUT2D eigenvalue weighted by molar-refractivity contribution is -0.146. The SMILES string of the molecule is CC(F)(F)Cn1cnc(-c2ccc(F)cc2)c1-c1ncc(C(=O)Nc2ccc(N3CCN(CC(F)(F)F)CC3)cc2)[nH]1.CC(F)n1cnc(-c2ccc(F)cc2)c1-c1ncc(C(=O)Nc2ccc(N3CCN(C)CC3)cc2)[nH]1. The number of likely N-dealkylation sites (N-methyl/N-ethyl adjacent to an activating group) is 1. The second kappa shape index (κ2) is 23.1. The van der Waals surface area contributed by atoms with Crippen molar-refractivity contribution >= 4 is 34.6 Å². The zero-order valence-corrected chi connectivity index (χ0v) is 42.5. The van der Waals surface area contributed by atoms with Crippen LogP contribution in [0.3, 0.4) is 0 Å². The number of benzene rings is 4. The third-order valence-electron chi connectivity index (χ3n) is 13.0. The van der Waals surface area contributed by atoms with Crippen LogP contribution in [0, 0.1) is 11.6 Å². The van der Waals surface area contributed by atoms with Crippen LogP contribution in [0.1, 0.15) is 41.1 Å². The molecule has 0 saturated carbocycles. The lowest BCUT2D eigenvalue weighted by Crippen LogP contribution is -2.49. The highest BCUT2D eigenvalue weighted by atomic mass is 19.4. The molecular formula is C54H54F8N14O2. The number of amides is 2. The van der Waals surface area contributed by atoms with E-state index < -0.39 is 43.2 Å². The van der Waals surface area contributed by atoms with Crippen molar-refractivity contribution in [2.45, 2.75) is 38.8 Å². The molecule has 2 aliphatic rings. The van der Waals surface area contributed by atoms with E-state index in [9.17, 15) is 44.7 Å². The van der Waals surface area contributed by atoms with Crippen molar-refractivity contribution in [3.05, 3.63) is 145 Å². The second-order valence-electron chi connectivity index (χ2n) is 19.0. The molecule has 1 unspecified atom stereocenters. The molecule has 2 amide bonds. The molecule has 1 atom stereocenters. The number of anilines is 4. The Morgan fingerprint density at radius 2 is 1.03 bits per heavy atom. The van der Waals surface area contributed by atoms with Crippen molar-refractivity contribution in [3.8, 4) is 45.6 Å². The number of halogens is 8. The molecule has 2 saturated heterocycles. The van der Waals surface area contributed by atoms with E-state index in [1.54, 1.807) is 36.4 Å². The zero-order valence-electron chi connectivity index (χ0n) is 42.5. The molecule has 4 aromatic heterocycles. The Bertz CT molecular complexity index is 3300. The number of hydrogen-bond donors (Lipinski definition) is 4. The van der Waals surface area contributed by atoms with Crippen molar-refractivity contribution in [2.24, 2.45) is 0 Å². The minimum absolute atomic E-state index is 0.0657. The summed E-state index contributed by atoms with van der Waals surface area (Å²) in [5.74, 6) is -4.40. The fourth-order valence-corrected chi connectivity index (χ4v) is 9.06. The number of alkyl halides is 6. The highest BCUT2D eigenvalue weighted by Crippen LogP contribution is 2.34. The molecule has 2 aliphatic heterocycles. The van der Waals surface area contributed by atoms with Crippen molar-refractivity contribution in [2.75, 3.05) is 86.4 Å². The second-order valence-corrected chi connectivity index (χ2v) is 19.0. The molecule has 2 fully saturated rings. The molecule has 408 valence electrons. The smallest absolute Gasteiger partial charge is 0.369 e. The van der Waals surface area contributed by atoms with Gasteiger partial charge in [0.25, 0.3) is 17.7 Å². The summed E-state index contributed by atoms with van der Waals surface area (Å²) in [4.78, 5) is 56.8. The summed E-state index contributed by atoms with van der Waals surface area (Å²) < 4.78 is 110. The van der Waals surface area contributed by atoms with Crippen LogP contribution in [0.2, 0.25) is 0 Å². The third-order valence-corrected chi connectivity index (χ3v) is 13.0. The maximum Gasteiger partial charge on any atom is 0.401 e. The number of aromatic amines is 2. The standard InChI is InChI=1S/C28H27F6N7O.C26H27F2N7O/c1-27(30,31)15-41-17-36-23(18-2-4-19(29)5-3-18)24(41)25-35-14-22(38-25)26(42)37-20-6-8-21(9-7-20)40-12-10-39(11-13-40)16-28(32,33)34;1-17(27)35-16-30-23(18-3-5-19(28)6-4-18)24(35)25-29-15-22(32-25)26(36)31-20-7-9-21(10-8-20)34-13-11-33(2)12-14-34/h2-9,14,17H,10-13,15-16H2,1H3,(H,35,38)(H,37,42);3-10,15-17H,11-14H2,1-2H3,(H,29,32)(H,31,36). The number of rotatable bonds is 14. The first kappa shape index (κ1) is 54.4. The lowest BCUT2D eigenvalue weighted by Gasteiger charge is -2.36. The van der Waals surface area contributed by atoms with Crippen LogP contribution in [0.25, 0.3) is 45.6 Å². The monoisotopic (exact) mass is 1080 g/mol. The summed E-state index contributed by atoms with van der Waals surface area (Å²) in [5, 5.41) is 5.61. The van der Waals surface area contributed by atoms with E-state index in [0.717, 1.165) is 44.5 Å². The molecule has 0 radical (unpaired) electrons. The molecule has 6 heterocycles. The Balaban J connectivity index is 0.000000192. The van der Waals surface area contributed by atoms with Crippen LogP contribution in [0.15, 0.2) is 122 Å². The predicted molar refractivity (Wildman–Crippen MR) is 280 cm³/mol. The van der Waals surface area contributed by atoms with Crippen LogP contribution in [-0.2, 0) is 6.54 Å². The summed E-state index contributed by atoms with van der Waals surface area (Å²) in [6, 6.07) is 25.8. The molecule has 16 nitrogen and oxygen atoms in total. The predicted octanol–water partition coefficient (Wildman–Crippen LogP) is 10.2. The first-order valence-electron chi connectivity index (χ1n) is 24.8. The maximum absolute atomic E-state index is 14.3. The highest BCUT2D eigenvalue weighted by molar-refractivity contribution is 6.04. The van der Waals surface area contributed by atoms with Crippen LogP contribution in [0.5, 0.6) is 0 Å². The number of H-pyrrole nitrogens is 2.